The second kappa shape index (κ2) is 8.65. The Morgan fingerprint density at radius 2 is 2.09 bits per heavy atom. The summed E-state index contributed by atoms with van der Waals surface area (Å²) in [6.07, 6.45) is 5.05. The maximum atomic E-state index is 9.12. The van der Waals surface area contributed by atoms with Gasteiger partial charge in [0, 0.05) is 31.0 Å². The average Bonchev–Trinajstić information content (AvgIpc) is 2.69. The maximum Gasteiger partial charge on any atom is 0.0644 e. The largest absolute Gasteiger partial charge is 0.394 e. The highest BCUT2D eigenvalue weighted by Crippen LogP contribution is 2.20. The van der Waals surface area contributed by atoms with Crippen molar-refractivity contribution >= 4 is 0 Å². The minimum atomic E-state index is 0.140. The summed E-state index contributed by atoms with van der Waals surface area (Å²) in [6, 6.07) is 0. The summed E-state index contributed by atoms with van der Waals surface area (Å²) < 4.78 is 7.85. The van der Waals surface area contributed by atoms with Gasteiger partial charge in [-0.25, -0.2) is 0 Å². The van der Waals surface area contributed by atoms with Gasteiger partial charge in [0.15, 0.2) is 0 Å². The van der Waals surface area contributed by atoms with Crippen LogP contribution in [0.1, 0.15) is 49.6 Å². The first kappa shape index (κ1) is 17.4. The Morgan fingerprint density at radius 3 is 2.82 bits per heavy atom. The summed E-state index contributed by atoms with van der Waals surface area (Å²) in [6.45, 7) is 11.1. The molecule has 1 aromatic heterocycles. The summed E-state index contributed by atoms with van der Waals surface area (Å²) in [4.78, 5) is 2.52. The van der Waals surface area contributed by atoms with E-state index in [4.69, 9.17) is 9.84 Å². The lowest BCUT2D eigenvalue weighted by atomic mass is 10.1. The molecule has 1 aliphatic heterocycles. The van der Waals surface area contributed by atoms with Gasteiger partial charge in [0.1, 0.15) is 0 Å². The number of ether oxygens (including phenoxy) is 1. The minimum absolute atomic E-state index is 0.140. The van der Waals surface area contributed by atoms with Crippen molar-refractivity contribution in [3.05, 3.63) is 17.0 Å². The lowest BCUT2D eigenvalue weighted by Gasteiger charge is -2.20. The highest BCUT2D eigenvalue weighted by molar-refractivity contribution is 5.24. The fraction of sp³-hybridized carbons (Fsp3) is 0.824. The molecule has 1 aromatic rings. The standard InChI is InChI=1S/C17H31N3O2/c1-4-12-22-16-6-5-8-19(9-7-16)13-17-14(2)18-20(10-11-21)15(17)3/h16,21H,4-13H2,1-3H3. The minimum Gasteiger partial charge on any atom is -0.394 e. The zero-order chi connectivity index (χ0) is 15.9. The molecule has 1 saturated heterocycles. The Hall–Kier alpha value is -0.910. The van der Waals surface area contributed by atoms with Crippen LogP contribution >= 0.6 is 0 Å². The smallest absolute Gasteiger partial charge is 0.0644 e. The Bertz CT molecular complexity index is 459. The Balaban J connectivity index is 1.93. The molecule has 0 aromatic carbocycles. The molecule has 2 rings (SSSR count). The lowest BCUT2D eigenvalue weighted by Crippen LogP contribution is -2.25. The SMILES string of the molecule is CCCOC1CCCN(Cc2c(C)nn(CCO)c2C)CC1. The van der Waals surface area contributed by atoms with Crippen LogP contribution in [0.4, 0.5) is 0 Å². The monoisotopic (exact) mass is 309 g/mol. The number of rotatable bonds is 7. The van der Waals surface area contributed by atoms with Gasteiger partial charge in [-0.2, -0.15) is 5.10 Å². The van der Waals surface area contributed by atoms with Gasteiger partial charge >= 0.3 is 0 Å². The first-order chi connectivity index (χ1) is 10.7. The molecule has 0 spiro atoms. The van der Waals surface area contributed by atoms with E-state index in [-0.39, 0.29) is 6.61 Å². The van der Waals surface area contributed by atoms with Crippen molar-refractivity contribution in [1.29, 1.82) is 0 Å². The van der Waals surface area contributed by atoms with Crippen LogP contribution in [0.5, 0.6) is 0 Å². The molecule has 1 N–H and O–H groups in total. The molecular formula is C17H31N3O2. The molecule has 5 heteroatoms. The number of likely N-dealkylation sites (tertiary alicyclic amines) is 1. The van der Waals surface area contributed by atoms with Crippen molar-refractivity contribution in [2.24, 2.45) is 0 Å². The van der Waals surface area contributed by atoms with Gasteiger partial charge in [0.2, 0.25) is 0 Å². The number of hydrogen-bond donors (Lipinski definition) is 1. The van der Waals surface area contributed by atoms with E-state index in [0.717, 1.165) is 44.8 Å². The van der Waals surface area contributed by atoms with Gasteiger partial charge in [-0.05, 0) is 46.1 Å². The number of aromatic nitrogens is 2. The topological polar surface area (TPSA) is 50.5 Å². The third kappa shape index (κ3) is 4.54. The first-order valence-electron chi connectivity index (χ1n) is 8.63. The third-order valence-electron chi connectivity index (χ3n) is 4.55. The fourth-order valence-electron chi connectivity index (χ4n) is 3.23. The first-order valence-corrected chi connectivity index (χ1v) is 8.63. The van der Waals surface area contributed by atoms with E-state index in [1.54, 1.807) is 0 Å². The predicted octanol–water partition coefficient (Wildman–Crippen LogP) is 2.27. The summed E-state index contributed by atoms with van der Waals surface area (Å²) in [5.41, 5.74) is 3.60. The van der Waals surface area contributed by atoms with E-state index >= 15 is 0 Å². The summed E-state index contributed by atoms with van der Waals surface area (Å²) in [5.74, 6) is 0. The van der Waals surface area contributed by atoms with Crippen LogP contribution < -0.4 is 0 Å². The highest BCUT2D eigenvalue weighted by atomic mass is 16.5. The van der Waals surface area contributed by atoms with Crippen molar-refractivity contribution in [3.8, 4) is 0 Å². The quantitative estimate of drug-likeness (QED) is 0.839. The Labute approximate surface area is 134 Å². The van der Waals surface area contributed by atoms with E-state index in [9.17, 15) is 0 Å². The molecule has 0 aliphatic carbocycles. The highest BCUT2D eigenvalue weighted by Gasteiger charge is 2.20. The van der Waals surface area contributed by atoms with E-state index in [1.165, 1.54) is 24.1 Å². The molecule has 0 saturated carbocycles. The molecule has 1 aliphatic rings. The van der Waals surface area contributed by atoms with Gasteiger partial charge in [-0.3, -0.25) is 9.58 Å². The number of hydrogen-bond acceptors (Lipinski definition) is 4. The molecule has 0 amide bonds. The van der Waals surface area contributed by atoms with Crippen LogP contribution in [0.2, 0.25) is 0 Å². The predicted molar refractivity (Wildman–Crippen MR) is 87.9 cm³/mol. The van der Waals surface area contributed by atoms with Gasteiger partial charge in [-0.1, -0.05) is 6.92 Å². The number of aliphatic hydroxyl groups is 1. The van der Waals surface area contributed by atoms with Crippen LogP contribution in [-0.2, 0) is 17.8 Å². The summed E-state index contributed by atoms with van der Waals surface area (Å²) in [5, 5.41) is 13.7. The normalized spacial score (nSPS) is 20.3. The molecular weight excluding hydrogens is 278 g/mol. The van der Waals surface area contributed by atoms with Gasteiger partial charge in [0.05, 0.1) is 24.9 Å². The molecule has 1 atom stereocenters. The Kier molecular flexibility index (Phi) is 6.86. The lowest BCUT2D eigenvalue weighted by molar-refractivity contribution is 0.0437. The fourth-order valence-corrected chi connectivity index (χ4v) is 3.23. The van der Waals surface area contributed by atoms with Crippen molar-refractivity contribution in [1.82, 2.24) is 14.7 Å². The Morgan fingerprint density at radius 1 is 1.27 bits per heavy atom. The van der Waals surface area contributed by atoms with Crippen LogP contribution in [-0.4, -0.2) is 52.2 Å². The molecule has 2 heterocycles. The molecule has 126 valence electrons. The second-order valence-corrected chi connectivity index (χ2v) is 6.30. The summed E-state index contributed by atoms with van der Waals surface area (Å²) in [7, 11) is 0. The molecule has 0 radical (unpaired) electrons. The van der Waals surface area contributed by atoms with Crippen molar-refractivity contribution in [2.75, 3.05) is 26.3 Å². The molecule has 1 fully saturated rings. The van der Waals surface area contributed by atoms with Crippen molar-refractivity contribution < 1.29 is 9.84 Å². The average molecular weight is 309 g/mol. The van der Waals surface area contributed by atoms with Crippen LogP contribution in [0.3, 0.4) is 0 Å². The number of aryl methyl sites for hydroxylation is 1. The number of aliphatic hydroxyl groups excluding tert-OH is 1. The molecule has 22 heavy (non-hydrogen) atoms. The zero-order valence-electron chi connectivity index (χ0n) is 14.3. The van der Waals surface area contributed by atoms with E-state index in [2.05, 4.69) is 30.8 Å². The van der Waals surface area contributed by atoms with E-state index < -0.39 is 0 Å². The van der Waals surface area contributed by atoms with Crippen molar-refractivity contribution in [2.45, 2.75) is 65.6 Å². The molecule has 0 bridgehead atoms. The summed E-state index contributed by atoms with van der Waals surface area (Å²) >= 11 is 0. The van der Waals surface area contributed by atoms with Crippen molar-refractivity contribution in [3.63, 3.8) is 0 Å². The molecule has 5 nitrogen and oxygen atoms in total. The van der Waals surface area contributed by atoms with Crippen LogP contribution in [0, 0.1) is 13.8 Å². The maximum absolute atomic E-state index is 9.12. The van der Waals surface area contributed by atoms with E-state index in [0.29, 0.717) is 12.6 Å². The number of nitrogens with zero attached hydrogens (tertiary/aromatic N) is 3. The van der Waals surface area contributed by atoms with Gasteiger partial charge in [0.25, 0.3) is 0 Å². The second-order valence-electron chi connectivity index (χ2n) is 6.30. The van der Waals surface area contributed by atoms with Crippen LogP contribution in [0.15, 0.2) is 0 Å². The molecule has 1 unspecified atom stereocenters. The van der Waals surface area contributed by atoms with Crippen LogP contribution in [0.25, 0.3) is 0 Å². The zero-order valence-corrected chi connectivity index (χ0v) is 14.3. The third-order valence-corrected chi connectivity index (χ3v) is 4.55. The van der Waals surface area contributed by atoms with Gasteiger partial charge < -0.3 is 9.84 Å². The van der Waals surface area contributed by atoms with E-state index in [1.807, 2.05) is 4.68 Å². The van der Waals surface area contributed by atoms with Gasteiger partial charge in [-0.15, -0.1) is 0 Å².